The highest BCUT2D eigenvalue weighted by Crippen LogP contribution is 2.15. The number of hydrogen-bond acceptors (Lipinski definition) is 5. The van der Waals surface area contributed by atoms with Gasteiger partial charge in [0.05, 0.1) is 30.3 Å². The van der Waals surface area contributed by atoms with Gasteiger partial charge in [-0.15, -0.1) is 0 Å². The number of nitrogen functional groups attached to an aromatic ring is 1. The predicted molar refractivity (Wildman–Crippen MR) is 59.4 cm³/mol. The minimum absolute atomic E-state index is 0.423. The molecule has 0 spiro atoms. The van der Waals surface area contributed by atoms with Gasteiger partial charge in [-0.25, -0.2) is 4.98 Å². The molecule has 3 N–H and O–H groups in total. The summed E-state index contributed by atoms with van der Waals surface area (Å²) in [5.74, 6) is 1.29. The van der Waals surface area contributed by atoms with Crippen LogP contribution in [0.4, 0.5) is 11.5 Å². The van der Waals surface area contributed by atoms with E-state index in [1.165, 1.54) is 6.20 Å². The number of nitriles is 1. The Hall–Kier alpha value is -2.48. The number of nitrogens with zero attached hydrogens (tertiary/aromatic N) is 2. The molecular weight excluding hydrogens is 204 g/mol. The predicted octanol–water partition coefficient (Wildman–Crippen LogP) is 1.74. The largest absolute Gasteiger partial charge is 0.467 e. The lowest BCUT2D eigenvalue weighted by molar-refractivity contribution is 0.518. The van der Waals surface area contributed by atoms with Gasteiger partial charge >= 0.3 is 0 Å². The number of hydrogen-bond donors (Lipinski definition) is 2. The monoisotopic (exact) mass is 214 g/mol. The van der Waals surface area contributed by atoms with Crippen LogP contribution in [0.25, 0.3) is 0 Å². The fourth-order valence-corrected chi connectivity index (χ4v) is 1.29. The summed E-state index contributed by atoms with van der Waals surface area (Å²) in [5.41, 5.74) is 6.43. The fraction of sp³-hybridized carbons (Fsp3) is 0.0909. The van der Waals surface area contributed by atoms with Gasteiger partial charge in [0.1, 0.15) is 17.6 Å². The van der Waals surface area contributed by atoms with E-state index in [2.05, 4.69) is 10.3 Å². The molecule has 0 fully saturated rings. The van der Waals surface area contributed by atoms with Crippen LogP contribution in [-0.2, 0) is 6.54 Å². The second kappa shape index (κ2) is 4.36. The second-order valence-corrected chi connectivity index (χ2v) is 3.21. The Morgan fingerprint density at radius 3 is 3.12 bits per heavy atom. The molecule has 0 atom stereocenters. The minimum atomic E-state index is 0.423. The molecule has 0 amide bonds. The first kappa shape index (κ1) is 10.1. The van der Waals surface area contributed by atoms with Crippen molar-refractivity contribution >= 4 is 11.5 Å². The normalized spacial score (nSPS) is 9.69. The Labute approximate surface area is 92.5 Å². The molecule has 0 saturated heterocycles. The average Bonchev–Trinajstić information content (AvgIpc) is 2.80. The van der Waals surface area contributed by atoms with E-state index in [0.717, 1.165) is 5.76 Å². The number of rotatable bonds is 3. The van der Waals surface area contributed by atoms with E-state index in [4.69, 9.17) is 15.4 Å². The van der Waals surface area contributed by atoms with Gasteiger partial charge in [-0.05, 0) is 18.2 Å². The van der Waals surface area contributed by atoms with Crippen LogP contribution < -0.4 is 11.1 Å². The van der Waals surface area contributed by atoms with Crippen molar-refractivity contribution in [1.82, 2.24) is 4.98 Å². The molecular formula is C11H10N4O. The van der Waals surface area contributed by atoms with E-state index in [0.29, 0.717) is 23.6 Å². The summed E-state index contributed by atoms with van der Waals surface area (Å²) >= 11 is 0. The van der Waals surface area contributed by atoms with Gasteiger partial charge in [0, 0.05) is 0 Å². The fourth-order valence-electron chi connectivity index (χ4n) is 1.29. The second-order valence-electron chi connectivity index (χ2n) is 3.21. The molecule has 2 aromatic heterocycles. The Morgan fingerprint density at radius 1 is 1.56 bits per heavy atom. The van der Waals surface area contributed by atoms with E-state index in [1.54, 1.807) is 18.4 Å². The van der Waals surface area contributed by atoms with Crippen LogP contribution in [0.3, 0.4) is 0 Å². The van der Waals surface area contributed by atoms with E-state index in [1.807, 2.05) is 12.1 Å². The van der Waals surface area contributed by atoms with Gasteiger partial charge in [-0.3, -0.25) is 0 Å². The maximum atomic E-state index is 8.89. The van der Waals surface area contributed by atoms with Crippen LogP contribution in [0.1, 0.15) is 11.3 Å². The van der Waals surface area contributed by atoms with Gasteiger partial charge in [0.25, 0.3) is 0 Å². The first-order chi connectivity index (χ1) is 7.79. The third kappa shape index (κ3) is 2.12. The Bertz CT molecular complexity index is 513. The van der Waals surface area contributed by atoms with Crippen LogP contribution in [-0.4, -0.2) is 4.98 Å². The number of aromatic nitrogens is 1. The standard InChI is InChI=1S/C11H10N4O/c12-5-8-4-9(13)6-14-11(8)15-7-10-2-1-3-16-10/h1-4,6H,7,13H2,(H,14,15). The van der Waals surface area contributed by atoms with Crippen LogP contribution >= 0.6 is 0 Å². The number of pyridine rings is 1. The molecule has 2 heterocycles. The van der Waals surface area contributed by atoms with Crippen molar-refractivity contribution in [3.63, 3.8) is 0 Å². The van der Waals surface area contributed by atoms with Crippen molar-refractivity contribution in [3.8, 4) is 6.07 Å². The molecule has 0 aliphatic heterocycles. The zero-order valence-electron chi connectivity index (χ0n) is 8.47. The number of anilines is 2. The molecule has 2 rings (SSSR count). The Balaban J connectivity index is 2.13. The topological polar surface area (TPSA) is 87.9 Å². The summed E-state index contributed by atoms with van der Waals surface area (Å²) in [4.78, 5) is 4.05. The lowest BCUT2D eigenvalue weighted by Crippen LogP contribution is -2.03. The van der Waals surface area contributed by atoms with Gasteiger partial charge in [-0.2, -0.15) is 5.26 Å². The molecule has 0 radical (unpaired) electrons. The molecule has 80 valence electrons. The summed E-state index contributed by atoms with van der Waals surface area (Å²) in [6.07, 6.45) is 3.10. The zero-order chi connectivity index (χ0) is 11.4. The van der Waals surface area contributed by atoms with Gasteiger partial charge in [-0.1, -0.05) is 0 Å². The summed E-state index contributed by atoms with van der Waals surface area (Å²) in [7, 11) is 0. The highest BCUT2D eigenvalue weighted by molar-refractivity contribution is 5.57. The highest BCUT2D eigenvalue weighted by Gasteiger charge is 2.04. The molecule has 0 saturated carbocycles. The molecule has 0 bridgehead atoms. The Morgan fingerprint density at radius 2 is 2.44 bits per heavy atom. The molecule has 5 nitrogen and oxygen atoms in total. The van der Waals surface area contributed by atoms with Crippen molar-refractivity contribution < 1.29 is 4.42 Å². The smallest absolute Gasteiger partial charge is 0.144 e. The van der Waals surface area contributed by atoms with E-state index < -0.39 is 0 Å². The number of furan rings is 1. The van der Waals surface area contributed by atoms with Crippen molar-refractivity contribution in [2.24, 2.45) is 0 Å². The van der Waals surface area contributed by atoms with Gasteiger partial charge in [0.15, 0.2) is 0 Å². The van der Waals surface area contributed by atoms with E-state index in [-0.39, 0.29) is 0 Å². The molecule has 5 heteroatoms. The first-order valence-corrected chi connectivity index (χ1v) is 4.71. The highest BCUT2D eigenvalue weighted by atomic mass is 16.3. The molecule has 0 aromatic carbocycles. The van der Waals surface area contributed by atoms with Crippen molar-refractivity contribution in [2.75, 3.05) is 11.1 Å². The van der Waals surface area contributed by atoms with E-state index in [9.17, 15) is 0 Å². The lowest BCUT2D eigenvalue weighted by atomic mass is 10.2. The summed E-state index contributed by atoms with van der Waals surface area (Å²) in [5, 5.41) is 11.9. The summed E-state index contributed by atoms with van der Waals surface area (Å²) in [6.45, 7) is 0.485. The molecule has 0 aliphatic rings. The zero-order valence-corrected chi connectivity index (χ0v) is 8.47. The van der Waals surface area contributed by atoms with Crippen LogP contribution in [0, 0.1) is 11.3 Å². The quantitative estimate of drug-likeness (QED) is 0.812. The van der Waals surface area contributed by atoms with Crippen molar-refractivity contribution in [3.05, 3.63) is 42.0 Å². The van der Waals surface area contributed by atoms with Gasteiger partial charge in [0.2, 0.25) is 0 Å². The molecule has 16 heavy (non-hydrogen) atoms. The molecule has 0 aliphatic carbocycles. The van der Waals surface area contributed by atoms with Gasteiger partial charge < -0.3 is 15.5 Å². The molecule has 0 unspecified atom stereocenters. The van der Waals surface area contributed by atoms with E-state index >= 15 is 0 Å². The Kier molecular flexibility index (Phi) is 2.74. The lowest BCUT2D eigenvalue weighted by Gasteiger charge is -2.05. The van der Waals surface area contributed by atoms with Crippen molar-refractivity contribution in [1.29, 1.82) is 5.26 Å². The van der Waals surface area contributed by atoms with Crippen molar-refractivity contribution in [2.45, 2.75) is 6.54 Å². The third-order valence-electron chi connectivity index (χ3n) is 2.04. The number of nitrogens with one attached hydrogen (secondary N) is 1. The number of nitrogens with two attached hydrogens (primary N) is 1. The summed E-state index contributed by atoms with van der Waals surface area (Å²) in [6, 6.07) is 7.26. The third-order valence-corrected chi connectivity index (χ3v) is 2.04. The molecule has 2 aromatic rings. The maximum absolute atomic E-state index is 8.89. The summed E-state index contributed by atoms with van der Waals surface area (Å²) < 4.78 is 5.15. The van der Waals surface area contributed by atoms with Crippen LogP contribution in [0.15, 0.2) is 35.1 Å². The SMILES string of the molecule is N#Cc1cc(N)cnc1NCc1ccco1. The van der Waals surface area contributed by atoms with Crippen LogP contribution in [0.2, 0.25) is 0 Å². The van der Waals surface area contributed by atoms with Crippen LogP contribution in [0.5, 0.6) is 0 Å². The maximum Gasteiger partial charge on any atom is 0.144 e. The first-order valence-electron chi connectivity index (χ1n) is 4.71. The minimum Gasteiger partial charge on any atom is -0.467 e. The average molecular weight is 214 g/mol.